The molecule has 4 nitrogen and oxygen atoms in total. The number of hydrogen-bond acceptors (Lipinski definition) is 3. The quantitative estimate of drug-likeness (QED) is 0.814. The summed E-state index contributed by atoms with van der Waals surface area (Å²) in [5, 5.41) is 0. The van der Waals surface area contributed by atoms with Crippen molar-refractivity contribution in [1.82, 2.24) is 4.90 Å². The molecule has 0 aliphatic carbocycles. The normalized spacial score (nSPS) is 26.6. The molecule has 0 saturated carbocycles. The first-order valence-electron chi connectivity index (χ1n) is 6.79. The van der Waals surface area contributed by atoms with Gasteiger partial charge in [0.1, 0.15) is 0 Å². The SMILES string of the molecule is CCC[C@H]1C(=O)N(C)C(N)=N[C@]1(C)c1cccc(I)c1. The summed E-state index contributed by atoms with van der Waals surface area (Å²) in [6.45, 7) is 4.10. The molecule has 1 aliphatic rings. The second-order valence-corrected chi connectivity index (χ2v) is 6.61. The third-order valence-electron chi connectivity index (χ3n) is 3.98. The monoisotopic (exact) mass is 385 g/mol. The summed E-state index contributed by atoms with van der Waals surface area (Å²) >= 11 is 2.28. The van der Waals surface area contributed by atoms with Gasteiger partial charge in [-0.05, 0) is 53.6 Å². The molecular weight excluding hydrogens is 365 g/mol. The van der Waals surface area contributed by atoms with Crippen LogP contribution in [0.2, 0.25) is 0 Å². The maximum absolute atomic E-state index is 12.6. The maximum atomic E-state index is 12.6. The molecule has 2 atom stereocenters. The Morgan fingerprint density at radius 2 is 2.20 bits per heavy atom. The van der Waals surface area contributed by atoms with Gasteiger partial charge in [0, 0.05) is 10.6 Å². The van der Waals surface area contributed by atoms with Crippen LogP contribution in [0.5, 0.6) is 0 Å². The number of benzene rings is 1. The van der Waals surface area contributed by atoms with Crippen LogP contribution in [0.25, 0.3) is 0 Å². The fraction of sp³-hybridized carbons (Fsp3) is 0.467. The number of carbonyl (C=O) groups is 1. The molecule has 1 aliphatic heterocycles. The molecule has 0 fully saturated rings. The summed E-state index contributed by atoms with van der Waals surface area (Å²) in [4.78, 5) is 18.7. The number of rotatable bonds is 3. The van der Waals surface area contributed by atoms with E-state index >= 15 is 0 Å². The zero-order valence-electron chi connectivity index (χ0n) is 12.1. The van der Waals surface area contributed by atoms with Crippen molar-refractivity contribution in [2.24, 2.45) is 16.6 Å². The minimum Gasteiger partial charge on any atom is -0.369 e. The topological polar surface area (TPSA) is 58.7 Å². The van der Waals surface area contributed by atoms with Crippen LogP contribution in [0, 0.1) is 9.49 Å². The van der Waals surface area contributed by atoms with Gasteiger partial charge in [0.2, 0.25) is 5.91 Å². The Morgan fingerprint density at radius 3 is 2.80 bits per heavy atom. The molecule has 20 heavy (non-hydrogen) atoms. The van der Waals surface area contributed by atoms with Crippen molar-refractivity contribution in [3.63, 3.8) is 0 Å². The highest BCUT2D eigenvalue weighted by molar-refractivity contribution is 14.1. The van der Waals surface area contributed by atoms with Gasteiger partial charge in [-0.25, -0.2) is 4.99 Å². The van der Waals surface area contributed by atoms with Crippen LogP contribution in [0.4, 0.5) is 0 Å². The van der Waals surface area contributed by atoms with Crippen LogP contribution in [0.3, 0.4) is 0 Å². The maximum Gasteiger partial charge on any atom is 0.234 e. The Kier molecular flexibility index (Phi) is 4.36. The Morgan fingerprint density at radius 1 is 1.50 bits per heavy atom. The smallest absolute Gasteiger partial charge is 0.234 e. The van der Waals surface area contributed by atoms with E-state index in [9.17, 15) is 4.79 Å². The third kappa shape index (κ3) is 2.55. The zero-order chi connectivity index (χ0) is 14.9. The highest BCUT2D eigenvalue weighted by Gasteiger charge is 2.45. The molecule has 0 saturated heterocycles. The van der Waals surface area contributed by atoms with Gasteiger partial charge in [0.25, 0.3) is 0 Å². The van der Waals surface area contributed by atoms with E-state index in [1.165, 1.54) is 4.90 Å². The standard InChI is InChI=1S/C15H20IN3O/c1-4-6-12-13(20)19(3)14(17)18-15(12,2)10-7-5-8-11(16)9-10/h5,7-9,12H,4,6H2,1-3H3,(H2,17,18)/t12-,15+/m0/s1. The number of nitrogens with zero attached hydrogens (tertiary/aromatic N) is 2. The molecule has 108 valence electrons. The van der Waals surface area contributed by atoms with Gasteiger partial charge in [-0.3, -0.25) is 9.69 Å². The van der Waals surface area contributed by atoms with Crippen molar-refractivity contribution in [2.45, 2.75) is 32.2 Å². The van der Waals surface area contributed by atoms with E-state index < -0.39 is 5.54 Å². The molecule has 0 radical (unpaired) electrons. The lowest BCUT2D eigenvalue weighted by atomic mass is 9.76. The summed E-state index contributed by atoms with van der Waals surface area (Å²) < 4.78 is 1.14. The van der Waals surface area contributed by atoms with Gasteiger partial charge in [-0.2, -0.15) is 0 Å². The number of hydrogen-bond donors (Lipinski definition) is 1. The van der Waals surface area contributed by atoms with E-state index in [1.807, 2.05) is 25.1 Å². The van der Waals surface area contributed by atoms with Crippen LogP contribution >= 0.6 is 22.6 Å². The summed E-state index contributed by atoms with van der Waals surface area (Å²) in [6, 6.07) is 8.14. The van der Waals surface area contributed by atoms with E-state index in [0.29, 0.717) is 5.96 Å². The number of halogens is 1. The summed E-state index contributed by atoms with van der Waals surface area (Å²) in [7, 11) is 1.69. The van der Waals surface area contributed by atoms with Gasteiger partial charge < -0.3 is 5.73 Å². The molecule has 0 aromatic heterocycles. The molecule has 1 amide bonds. The molecule has 0 unspecified atom stereocenters. The van der Waals surface area contributed by atoms with E-state index in [2.05, 4.69) is 40.6 Å². The predicted octanol–water partition coefficient (Wildman–Crippen LogP) is 2.71. The van der Waals surface area contributed by atoms with Gasteiger partial charge in [-0.1, -0.05) is 25.5 Å². The van der Waals surface area contributed by atoms with Gasteiger partial charge in [0.05, 0.1) is 11.5 Å². The first-order valence-corrected chi connectivity index (χ1v) is 7.87. The molecule has 0 spiro atoms. The second kappa shape index (κ2) is 5.71. The van der Waals surface area contributed by atoms with Crippen LogP contribution in [-0.2, 0) is 10.3 Å². The summed E-state index contributed by atoms with van der Waals surface area (Å²) in [5.41, 5.74) is 6.40. The predicted molar refractivity (Wildman–Crippen MR) is 89.3 cm³/mol. The first-order chi connectivity index (χ1) is 9.40. The van der Waals surface area contributed by atoms with Crippen molar-refractivity contribution in [2.75, 3.05) is 7.05 Å². The van der Waals surface area contributed by atoms with Crippen molar-refractivity contribution in [3.05, 3.63) is 33.4 Å². The lowest BCUT2D eigenvalue weighted by Crippen LogP contribution is -2.53. The van der Waals surface area contributed by atoms with Crippen molar-refractivity contribution < 1.29 is 4.79 Å². The fourth-order valence-corrected chi connectivity index (χ4v) is 3.28. The lowest BCUT2D eigenvalue weighted by molar-refractivity contribution is -0.134. The molecule has 0 bridgehead atoms. The second-order valence-electron chi connectivity index (χ2n) is 5.37. The fourth-order valence-electron chi connectivity index (χ4n) is 2.74. The molecule has 1 aromatic carbocycles. The van der Waals surface area contributed by atoms with Crippen LogP contribution in [0.15, 0.2) is 29.3 Å². The molecular formula is C15H20IN3O. The minimum atomic E-state index is -0.579. The van der Waals surface area contributed by atoms with Gasteiger partial charge in [0.15, 0.2) is 5.96 Å². The Bertz CT molecular complexity index is 558. The highest BCUT2D eigenvalue weighted by Crippen LogP contribution is 2.40. The molecule has 5 heteroatoms. The average molecular weight is 385 g/mol. The first kappa shape index (κ1) is 15.3. The van der Waals surface area contributed by atoms with Gasteiger partial charge >= 0.3 is 0 Å². The molecule has 1 heterocycles. The molecule has 2 N–H and O–H groups in total. The average Bonchev–Trinajstić information content (AvgIpc) is 2.41. The number of carbonyl (C=O) groups excluding carboxylic acids is 1. The lowest BCUT2D eigenvalue weighted by Gasteiger charge is -2.40. The highest BCUT2D eigenvalue weighted by atomic mass is 127. The summed E-state index contributed by atoms with van der Waals surface area (Å²) in [5.74, 6) is 0.187. The van der Waals surface area contributed by atoms with E-state index in [4.69, 9.17) is 5.73 Å². The Hall–Kier alpha value is -1.11. The largest absolute Gasteiger partial charge is 0.369 e. The van der Waals surface area contributed by atoms with Crippen LogP contribution < -0.4 is 5.73 Å². The van der Waals surface area contributed by atoms with Crippen molar-refractivity contribution >= 4 is 34.5 Å². The summed E-state index contributed by atoms with van der Waals surface area (Å²) in [6.07, 6.45) is 1.75. The Balaban J connectivity index is 2.56. The number of guanidine groups is 1. The van der Waals surface area contributed by atoms with Crippen LogP contribution in [-0.4, -0.2) is 23.8 Å². The third-order valence-corrected chi connectivity index (χ3v) is 4.66. The van der Waals surface area contributed by atoms with Gasteiger partial charge in [-0.15, -0.1) is 0 Å². The van der Waals surface area contributed by atoms with E-state index in [-0.39, 0.29) is 11.8 Å². The van der Waals surface area contributed by atoms with E-state index in [0.717, 1.165) is 22.0 Å². The van der Waals surface area contributed by atoms with Crippen LogP contribution in [0.1, 0.15) is 32.3 Å². The van der Waals surface area contributed by atoms with E-state index in [1.54, 1.807) is 7.05 Å². The van der Waals surface area contributed by atoms with Crippen molar-refractivity contribution in [3.8, 4) is 0 Å². The molecule has 2 rings (SSSR count). The number of nitrogens with two attached hydrogens (primary N) is 1. The molecule has 1 aromatic rings. The number of amides is 1. The number of aliphatic imine (C=N–C) groups is 1. The Labute approximate surface area is 133 Å². The zero-order valence-corrected chi connectivity index (χ0v) is 14.2. The van der Waals surface area contributed by atoms with Crippen molar-refractivity contribution in [1.29, 1.82) is 0 Å². The minimum absolute atomic E-state index is 0.0562.